The Morgan fingerprint density at radius 1 is 0.667 bits per heavy atom. The van der Waals surface area contributed by atoms with Crippen molar-refractivity contribution in [1.29, 1.82) is 0 Å². The zero-order valence-corrected chi connectivity index (χ0v) is 20.6. The van der Waals surface area contributed by atoms with Crippen molar-refractivity contribution in [1.82, 2.24) is 0 Å². The van der Waals surface area contributed by atoms with Gasteiger partial charge in [0.15, 0.2) is 0 Å². The van der Waals surface area contributed by atoms with Crippen molar-refractivity contribution in [3.05, 3.63) is 120 Å². The Hall–Kier alpha value is -4.05. The molecule has 7 rings (SSSR count). The van der Waals surface area contributed by atoms with Crippen LogP contribution >= 0.6 is 22.9 Å². The highest BCUT2D eigenvalue weighted by Crippen LogP contribution is 2.42. The van der Waals surface area contributed by atoms with Crippen LogP contribution in [0.4, 0.5) is 0 Å². The average molecular weight is 503 g/mol. The Morgan fingerprint density at radius 3 is 2.39 bits per heavy atom. The molecule has 2 aromatic heterocycles. The molecular formula is C32H19ClO2S. The van der Waals surface area contributed by atoms with Crippen LogP contribution < -0.4 is 4.74 Å². The van der Waals surface area contributed by atoms with E-state index in [1.165, 1.54) is 10.1 Å². The van der Waals surface area contributed by atoms with Gasteiger partial charge in [-0.15, -0.1) is 11.3 Å². The summed E-state index contributed by atoms with van der Waals surface area (Å²) < 4.78 is 13.8. The first-order valence-corrected chi connectivity index (χ1v) is 12.9. The van der Waals surface area contributed by atoms with Crippen LogP contribution in [0.2, 0.25) is 5.02 Å². The summed E-state index contributed by atoms with van der Waals surface area (Å²) in [5.41, 5.74) is 4.78. The fourth-order valence-corrected chi connectivity index (χ4v) is 6.14. The molecule has 0 aliphatic heterocycles. The van der Waals surface area contributed by atoms with Gasteiger partial charge >= 0.3 is 0 Å². The zero-order valence-electron chi connectivity index (χ0n) is 19.1. The lowest BCUT2D eigenvalue weighted by Gasteiger charge is -2.11. The molecule has 7 aromatic rings. The number of ether oxygens (including phenoxy) is 1. The van der Waals surface area contributed by atoms with Crippen LogP contribution in [0.15, 0.2) is 120 Å². The summed E-state index contributed by atoms with van der Waals surface area (Å²) >= 11 is 8.60. The number of hydrogen-bond donors (Lipinski definition) is 0. The van der Waals surface area contributed by atoms with Crippen LogP contribution in [0.3, 0.4) is 0 Å². The lowest BCUT2D eigenvalue weighted by molar-refractivity contribution is 0.483. The van der Waals surface area contributed by atoms with E-state index >= 15 is 0 Å². The van der Waals surface area contributed by atoms with E-state index < -0.39 is 0 Å². The highest BCUT2D eigenvalue weighted by atomic mass is 35.5. The number of para-hydroxylation sites is 2. The number of furan rings is 1. The van der Waals surface area contributed by atoms with Crippen molar-refractivity contribution in [2.75, 3.05) is 0 Å². The Balaban J connectivity index is 1.27. The largest absolute Gasteiger partial charge is 0.456 e. The minimum atomic E-state index is 0.605. The zero-order chi connectivity index (χ0) is 24.1. The fraction of sp³-hybridized carbons (Fsp3) is 0. The van der Waals surface area contributed by atoms with Crippen molar-refractivity contribution in [3.63, 3.8) is 0 Å². The molecule has 4 heteroatoms. The maximum atomic E-state index is 6.87. The standard InChI is InChI=1S/C32H19ClO2S/c33-31-26(30-19-21-8-1-4-17-29(21)36-30)14-7-16-28(31)34-22-10-5-9-20(18-22)23-12-6-13-25-24-11-2-3-15-27(24)35-32(23)25/h1-19H. The van der Waals surface area contributed by atoms with E-state index in [1.54, 1.807) is 11.3 Å². The Kier molecular flexibility index (Phi) is 5.05. The summed E-state index contributed by atoms with van der Waals surface area (Å²) in [7, 11) is 0. The first-order chi connectivity index (χ1) is 17.7. The summed E-state index contributed by atoms with van der Waals surface area (Å²) in [6.07, 6.45) is 0. The highest BCUT2D eigenvalue weighted by Gasteiger charge is 2.15. The molecule has 0 atom stereocenters. The first-order valence-electron chi connectivity index (χ1n) is 11.7. The summed E-state index contributed by atoms with van der Waals surface area (Å²) in [4.78, 5) is 1.12. The number of thiophene rings is 1. The maximum absolute atomic E-state index is 6.87. The SMILES string of the molecule is Clc1c(Oc2cccc(-c3cccc4c3oc3ccccc34)c2)cccc1-c1cc2ccccc2s1. The molecule has 0 N–H and O–H groups in total. The van der Waals surface area contributed by atoms with E-state index in [0.717, 1.165) is 49.3 Å². The molecule has 5 aromatic carbocycles. The van der Waals surface area contributed by atoms with Gasteiger partial charge < -0.3 is 9.15 Å². The molecule has 0 amide bonds. The molecule has 0 saturated carbocycles. The molecule has 0 unspecified atom stereocenters. The molecule has 0 spiro atoms. The maximum Gasteiger partial charge on any atom is 0.146 e. The van der Waals surface area contributed by atoms with E-state index in [0.29, 0.717) is 10.8 Å². The van der Waals surface area contributed by atoms with E-state index in [-0.39, 0.29) is 0 Å². The second-order valence-corrected chi connectivity index (χ2v) is 10.1. The van der Waals surface area contributed by atoms with Crippen molar-refractivity contribution in [2.45, 2.75) is 0 Å². The third-order valence-corrected chi connectivity index (χ3v) is 7.97. The summed E-state index contributed by atoms with van der Waals surface area (Å²) in [6, 6.07) is 38.9. The molecule has 0 fully saturated rings. The third-order valence-electron chi connectivity index (χ3n) is 6.43. The lowest BCUT2D eigenvalue weighted by Crippen LogP contribution is -1.88. The van der Waals surface area contributed by atoms with Crippen LogP contribution in [0.1, 0.15) is 0 Å². The van der Waals surface area contributed by atoms with Gasteiger partial charge in [0.1, 0.15) is 22.7 Å². The summed E-state index contributed by atoms with van der Waals surface area (Å²) in [6.45, 7) is 0. The predicted molar refractivity (Wildman–Crippen MR) is 152 cm³/mol. The van der Waals surface area contributed by atoms with Gasteiger partial charge in [0.05, 0.1) is 5.02 Å². The molecular weight excluding hydrogens is 484 g/mol. The topological polar surface area (TPSA) is 22.4 Å². The number of fused-ring (bicyclic) bond motifs is 4. The second-order valence-electron chi connectivity index (χ2n) is 8.68. The average Bonchev–Trinajstić information content (AvgIpc) is 3.51. The summed E-state index contributed by atoms with van der Waals surface area (Å²) in [5.74, 6) is 1.35. The quantitative estimate of drug-likeness (QED) is 0.239. The number of benzene rings is 5. The van der Waals surface area contributed by atoms with Gasteiger partial charge in [-0.1, -0.05) is 90.5 Å². The van der Waals surface area contributed by atoms with Crippen molar-refractivity contribution >= 4 is 55.0 Å². The van der Waals surface area contributed by atoms with Gasteiger partial charge in [-0.3, -0.25) is 0 Å². The molecule has 0 saturated heterocycles. The van der Waals surface area contributed by atoms with Gasteiger partial charge in [-0.05, 0) is 47.3 Å². The van der Waals surface area contributed by atoms with Crippen molar-refractivity contribution in [3.8, 4) is 33.1 Å². The van der Waals surface area contributed by atoms with Gasteiger partial charge in [0.25, 0.3) is 0 Å². The summed E-state index contributed by atoms with van der Waals surface area (Å²) in [5, 5.41) is 4.04. The molecule has 0 aliphatic rings. The van der Waals surface area contributed by atoms with Gasteiger partial charge in [-0.25, -0.2) is 0 Å². The monoisotopic (exact) mass is 502 g/mol. The van der Waals surface area contributed by atoms with Crippen LogP contribution in [-0.4, -0.2) is 0 Å². The second kappa shape index (κ2) is 8.56. The van der Waals surface area contributed by atoms with E-state index in [2.05, 4.69) is 60.7 Å². The molecule has 0 aliphatic carbocycles. The predicted octanol–water partition coefficient (Wildman–Crippen LogP) is 10.6. The number of hydrogen-bond acceptors (Lipinski definition) is 3. The normalized spacial score (nSPS) is 11.5. The molecule has 0 bridgehead atoms. The Morgan fingerprint density at radius 2 is 1.44 bits per heavy atom. The van der Waals surface area contributed by atoms with Crippen LogP contribution in [0, 0.1) is 0 Å². The molecule has 2 heterocycles. The molecule has 2 nitrogen and oxygen atoms in total. The van der Waals surface area contributed by atoms with Crippen LogP contribution in [0.25, 0.3) is 53.6 Å². The third kappa shape index (κ3) is 3.56. The van der Waals surface area contributed by atoms with Gasteiger partial charge in [0.2, 0.25) is 0 Å². The highest BCUT2D eigenvalue weighted by molar-refractivity contribution is 7.22. The Labute approximate surface area is 216 Å². The minimum Gasteiger partial charge on any atom is -0.456 e. The van der Waals surface area contributed by atoms with Gasteiger partial charge in [-0.2, -0.15) is 0 Å². The molecule has 0 radical (unpaired) electrons. The van der Waals surface area contributed by atoms with Gasteiger partial charge in [0, 0.05) is 31.5 Å². The first kappa shape index (κ1) is 21.3. The van der Waals surface area contributed by atoms with Crippen LogP contribution in [0.5, 0.6) is 11.5 Å². The minimum absolute atomic E-state index is 0.605. The van der Waals surface area contributed by atoms with Crippen molar-refractivity contribution < 1.29 is 9.15 Å². The van der Waals surface area contributed by atoms with Crippen molar-refractivity contribution in [2.24, 2.45) is 0 Å². The van der Waals surface area contributed by atoms with E-state index in [4.69, 9.17) is 20.8 Å². The number of halogens is 1. The smallest absolute Gasteiger partial charge is 0.146 e. The lowest BCUT2D eigenvalue weighted by atomic mass is 10.0. The Bertz CT molecular complexity index is 1860. The fourth-order valence-electron chi connectivity index (χ4n) is 4.72. The molecule has 36 heavy (non-hydrogen) atoms. The van der Waals surface area contributed by atoms with E-state index in [9.17, 15) is 0 Å². The van der Waals surface area contributed by atoms with E-state index in [1.807, 2.05) is 54.6 Å². The number of rotatable bonds is 4. The molecule has 172 valence electrons. The van der Waals surface area contributed by atoms with Crippen LogP contribution in [-0.2, 0) is 0 Å².